The van der Waals surface area contributed by atoms with Gasteiger partial charge in [0, 0.05) is 4.47 Å². The van der Waals surface area contributed by atoms with Gasteiger partial charge in [0.05, 0.1) is 0 Å². The van der Waals surface area contributed by atoms with E-state index in [9.17, 15) is 0 Å². The Morgan fingerprint density at radius 1 is 0.481 bits per heavy atom. The van der Waals surface area contributed by atoms with Crippen LogP contribution < -0.4 is 0 Å². The first-order valence-corrected chi connectivity index (χ1v) is 9.93. The summed E-state index contributed by atoms with van der Waals surface area (Å²) in [5, 5.41) is 10.5. The third-order valence-electron chi connectivity index (χ3n) is 5.60. The number of hydrogen-bond acceptors (Lipinski definition) is 0. The summed E-state index contributed by atoms with van der Waals surface area (Å²) in [4.78, 5) is 0. The minimum Gasteiger partial charge on any atom is -0.0616 e. The smallest absolute Gasteiger partial charge is 0.0187 e. The summed E-state index contributed by atoms with van der Waals surface area (Å²) < 4.78 is 1.13. The van der Waals surface area contributed by atoms with Gasteiger partial charge in [-0.2, -0.15) is 0 Å². The second kappa shape index (κ2) is 5.55. The fourth-order valence-electron chi connectivity index (χ4n) is 4.43. The summed E-state index contributed by atoms with van der Waals surface area (Å²) in [5.74, 6) is 0. The van der Waals surface area contributed by atoms with Crippen LogP contribution >= 0.6 is 15.9 Å². The van der Waals surface area contributed by atoms with Gasteiger partial charge in [-0.15, -0.1) is 0 Å². The van der Waals surface area contributed by atoms with E-state index in [0.29, 0.717) is 0 Å². The van der Waals surface area contributed by atoms with Gasteiger partial charge in [0.2, 0.25) is 0 Å². The fraction of sp³-hybridized carbons (Fsp3) is 0. The number of rotatable bonds is 1. The van der Waals surface area contributed by atoms with Crippen molar-refractivity contribution in [3.8, 4) is 11.1 Å². The van der Waals surface area contributed by atoms with E-state index in [1.54, 1.807) is 0 Å². The maximum Gasteiger partial charge on any atom is 0.0187 e. The molecule has 126 valence electrons. The van der Waals surface area contributed by atoms with Crippen molar-refractivity contribution >= 4 is 59.0 Å². The zero-order valence-electron chi connectivity index (χ0n) is 14.5. The number of hydrogen-bond donors (Lipinski definition) is 0. The van der Waals surface area contributed by atoms with Crippen molar-refractivity contribution in [2.24, 2.45) is 0 Å². The highest BCUT2D eigenvalue weighted by Crippen LogP contribution is 2.39. The largest absolute Gasteiger partial charge is 0.0616 e. The molecule has 0 unspecified atom stereocenters. The van der Waals surface area contributed by atoms with Crippen LogP contribution in [-0.4, -0.2) is 0 Å². The van der Waals surface area contributed by atoms with Gasteiger partial charge >= 0.3 is 0 Å². The van der Waals surface area contributed by atoms with Crippen LogP contribution in [0.15, 0.2) is 95.5 Å². The molecule has 0 aliphatic rings. The molecule has 0 radical (unpaired) electrons. The lowest BCUT2D eigenvalue weighted by atomic mass is 9.90. The van der Waals surface area contributed by atoms with Gasteiger partial charge in [-0.1, -0.05) is 82.7 Å². The Bertz CT molecular complexity index is 1400. The van der Waals surface area contributed by atoms with Crippen LogP contribution in [0.25, 0.3) is 54.2 Å². The maximum absolute atomic E-state index is 3.64. The molecule has 0 aliphatic carbocycles. The first-order valence-electron chi connectivity index (χ1n) is 9.14. The van der Waals surface area contributed by atoms with E-state index in [0.717, 1.165) is 4.47 Å². The third-order valence-corrected chi connectivity index (χ3v) is 6.06. The monoisotopic (exact) mass is 406 g/mol. The average molecular weight is 407 g/mol. The standard InChI is InChI=1S/C26H15Br/c27-22-14-19-10-8-17-12-21(13-18-9-11-20(15-22)26(19)25(17)18)24-7-3-5-16-4-1-2-6-23(16)24/h1-15H. The van der Waals surface area contributed by atoms with Gasteiger partial charge in [-0.05, 0) is 78.5 Å². The molecule has 0 fully saturated rings. The molecule has 0 nitrogen and oxygen atoms in total. The van der Waals surface area contributed by atoms with Crippen molar-refractivity contribution < 1.29 is 0 Å². The zero-order valence-corrected chi connectivity index (χ0v) is 16.1. The Morgan fingerprint density at radius 2 is 1.04 bits per heavy atom. The van der Waals surface area contributed by atoms with E-state index >= 15 is 0 Å². The highest BCUT2D eigenvalue weighted by atomic mass is 79.9. The van der Waals surface area contributed by atoms with Crippen molar-refractivity contribution in [3.05, 3.63) is 95.5 Å². The summed E-state index contributed by atoms with van der Waals surface area (Å²) in [6.07, 6.45) is 0. The molecule has 1 heteroatoms. The Morgan fingerprint density at radius 3 is 1.70 bits per heavy atom. The Labute approximate surface area is 165 Å². The summed E-state index contributed by atoms with van der Waals surface area (Å²) in [7, 11) is 0. The Kier molecular flexibility index (Phi) is 3.12. The molecule has 0 saturated carbocycles. The summed E-state index contributed by atoms with van der Waals surface area (Å²) >= 11 is 3.64. The quantitative estimate of drug-likeness (QED) is 0.241. The van der Waals surface area contributed by atoms with Crippen LogP contribution in [0.1, 0.15) is 0 Å². The average Bonchev–Trinajstić information content (AvgIpc) is 2.71. The number of halogens is 1. The number of fused-ring (bicyclic) bond motifs is 1. The van der Waals surface area contributed by atoms with E-state index in [1.165, 1.54) is 54.2 Å². The molecule has 0 heterocycles. The maximum atomic E-state index is 3.64. The molecule has 6 rings (SSSR count). The molecule has 0 aromatic heterocycles. The van der Waals surface area contributed by atoms with Crippen molar-refractivity contribution in [3.63, 3.8) is 0 Å². The Balaban J connectivity index is 1.73. The summed E-state index contributed by atoms with van der Waals surface area (Å²) in [5.41, 5.74) is 2.57. The summed E-state index contributed by atoms with van der Waals surface area (Å²) in [6.45, 7) is 0. The van der Waals surface area contributed by atoms with Crippen molar-refractivity contribution in [1.82, 2.24) is 0 Å². The van der Waals surface area contributed by atoms with Gasteiger partial charge in [0.25, 0.3) is 0 Å². The molecular weight excluding hydrogens is 392 g/mol. The van der Waals surface area contributed by atoms with Crippen molar-refractivity contribution in [2.75, 3.05) is 0 Å². The molecular formula is C26H15Br. The van der Waals surface area contributed by atoms with E-state index in [-0.39, 0.29) is 0 Å². The van der Waals surface area contributed by atoms with Gasteiger partial charge < -0.3 is 0 Å². The molecule has 27 heavy (non-hydrogen) atoms. The van der Waals surface area contributed by atoms with Crippen LogP contribution in [0.3, 0.4) is 0 Å². The van der Waals surface area contributed by atoms with Crippen LogP contribution in [0.5, 0.6) is 0 Å². The molecule has 0 saturated heterocycles. The second-order valence-corrected chi connectivity index (χ2v) is 8.10. The molecule has 0 aliphatic heterocycles. The zero-order chi connectivity index (χ0) is 18.0. The molecule has 0 spiro atoms. The molecule has 0 N–H and O–H groups in total. The van der Waals surface area contributed by atoms with Crippen molar-refractivity contribution in [2.45, 2.75) is 0 Å². The van der Waals surface area contributed by atoms with Crippen LogP contribution in [0, 0.1) is 0 Å². The van der Waals surface area contributed by atoms with E-state index in [4.69, 9.17) is 0 Å². The second-order valence-electron chi connectivity index (χ2n) is 7.18. The molecule has 6 aromatic carbocycles. The minimum atomic E-state index is 1.13. The fourth-order valence-corrected chi connectivity index (χ4v) is 4.93. The predicted molar refractivity (Wildman–Crippen MR) is 121 cm³/mol. The SMILES string of the molecule is Brc1cc2ccc3cc(-c4cccc5ccccc45)cc4ccc(c1)c2c34. The Hall–Kier alpha value is -2.90. The molecule has 0 atom stereocenters. The normalized spacial score (nSPS) is 11.9. The van der Waals surface area contributed by atoms with Crippen molar-refractivity contribution in [1.29, 1.82) is 0 Å². The lowest BCUT2D eigenvalue weighted by Crippen LogP contribution is -1.87. The van der Waals surface area contributed by atoms with E-state index in [2.05, 4.69) is 107 Å². The van der Waals surface area contributed by atoms with E-state index in [1.807, 2.05) is 0 Å². The van der Waals surface area contributed by atoms with Gasteiger partial charge in [-0.3, -0.25) is 0 Å². The van der Waals surface area contributed by atoms with Gasteiger partial charge in [-0.25, -0.2) is 0 Å². The molecule has 0 bridgehead atoms. The predicted octanol–water partition coefficient (Wildman–Crippen LogP) is 8.17. The van der Waals surface area contributed by atoms with Crippen LogP contribution in [0.2, 0.25) is 0 Å². The minimum absolute atomic E-state index is 1.13. The molecule has 6 aromatic rings. The number of benzene rings is 6. The van der Waals surface area contributed by atoms with Crippen LogP contribution in [-0.2, 0) is 0 Å². The van der Waals surface area contributed by atoms with Gasteiger partial charge in [0.15, 0.2) is 0 Å². The van der Waals surface area contributed by atoms with Gasteiger partial charge in [0.1, 0.15) is 0 Å². The topological polar surface area (TPSA) is 0 Å². The highest BCUT2D eigenvalue weighted by Gasteiger charge is 2.12. The first-order chi connectivity index (χ1) is 13.3. The van der Waals surface area contributed by atoms with E-state index < -0.39 is 0 Å². The lowest BCUT2D eigenvalue weighted by Gasteiger charge is -2.14. The lowest BCUT2D eigenvalue weighted by molar-refractivity contribution is 1.69. The third kappa shape index (κ3) is 2.22. The van der Waals surface area contributed by atoms with Crippen LogP contribution in [0.4, 0.5) is 0 Å². The summed E-state index contributed by atoms with van der Waals surface area (Å²) in [6, 6.07) is 33.3. The molecule has 0 amide bonds. The highest BCUT2D eigenvalue weighted by molar-refractivity contribution is 9.10. The first kappa shape index (κ1) is 15.2.